The average molecular weight is 245 g/mol. The lowest BCUT2D eigenvalue weighted by atomic mass is 10.2. The first kappa shape index (κ1) is 13.0. The molecule has 1 unspecified atom stereocenters. The van der Waals surface area contributed by atoms with E-state index in [-0.39, 0.29) is 0 Å². The van der Waals surface area contributed by atoms with E-state index in [2.05, 4.69) is 31.2 Å². The van der Waals surface area contributed by atoms with E-state index in [1.165, 1.54) is 9.88 Å². The van der Waals surface area contributed by atoms with E-state index >= 15 is 0 Å². The lowest BCUT2D eigenvalue weighted by molar-refractivity contribution is 0.574. The normalized spacial score (nSPS) is 13.1. The second-order valence-corrected chi connectivity index (χ2v) is 6.08. The van der Waals surface area contributed by atoms with Crippen LogP contribution in [0.5, 0.6) is 0 Å². The van der Waals surface area contributed by atoms with Crippen molar-refractivity contribution in [2.75, 3.05) is 11.5 Å². The Labute approximate surface area is 99.8 Å². The number of nitrogens with zero attached hydrogens (tertiary/aromatic N) is 1. The van der Waals surface area contributed by atoms with Crippen LogP contribution < -0.4 is 11.3 Å². The molecule has 0 fully saturated rings. The number of aromatic nitrogens is 1. The van der Waals surface area contributed by atoms with E-state index < -0.39 is 0 Å². The number of hydrogen-bond acceptors (Lipinski definition) is 5. The van der Waals surface area contributed by atoms with Gasteiger partial charge in [-0.15, -0.1) is 11.3 Å². The first-order valence-corrected chi connectivity index (χ1v) is 7.11. The van der Waals surface area contributed by atoms with Crippen molar-refractivity contribution in [1.82, 2.24) is 10.4 Å². The Morgan fingerprint density at radius 2 is 2.27 bits per heavy atom. The minimum absolute atomic E-state index is 0.333. The number of rotatable bonds is 6. The summed E-state index contributed by atoms with van der Waals surface area (Å²) in [4.78, 5) is 5.83. The van der Waals surface area contributed by atoms with Crippen LogP contribution in [0.3, 0.4) is 0 Å². The average Bonchev–Trinajstić information content (AvgIpc) is 2.53. The van der Waals surface area contributed by atoms with Crippen molar-refractivity contribution in [2.24, 2.45) is 5.84 Å². The summed E-state index contributed by atoms with van der Waals surface area (Å²) in [7, 11) is 0. The van der Waals surface area contributed by atoms with E-state index in [1.54, 1.807) is 11.3 Å². The van der Waals surface area contributed by atoms with Gasteiger partial charge in [0.05, 0.1) is 10.7 Å². The van der Waals surface area contributed by atoms with Crippen molar-refractivity contribution >= 4 is 23.1 Å². The molecule has 1 heterocycles. The molecule has 0 aromatic carbocycles. The van der Waals surface area contributed by atoms with Gasteiger partial charge in [-0.3, -0.25) is 11.3 Å². The molecule has 1 aromatic rings. The van der Waals surface area contributed by atoms with Gasteiger partial charge in [0, 0.05) is 23.1 Å². The van der Waals surface area contributed by atoms with Gasteiger partial charge in [-0.2, -0.15) is 11.8 Å². The minimum Gasteiger partial charge on any atom is -0.271 e. The number of nitrogens with one attached hydrogen (secondary N) is 1. The summed E-state index contributed by atoms with van der Waals surface area (Å²) in [5.41, 5.74) is 4.01. The topological polar surface area (TPSA) is 50.9 Å². The van der Waals surface area contributed by atoms with Crippen LogP contribution in [0, 0.1) is 13.8 Å². The number of hydrogen-bond donors (Lipinski definition) is 2. The molecule has 0 radical (unpaired) electrons. The fourth-order valence-corrected chi connectivity index (χ4v) is 3.01. The maximum atomic E-state index is 5.52. The van der Waals surface area contributed by atoms with Gasteiger partial charge in [0.1, 0.15) is 0 Å². The summed E-state index contributed by atoms with van der Waals surface area (Å²) in [5, 5.41) is 1.18. The Hall–Kier alpha value is -0.100. The molecule has 86 valence electrons. The van der Waals surface area contributed by atoms with Gasteiger partial charge in [-0.05, 0) is 19.6 Å². The van der Waals surface area contributed by atoms with Gasteiger partial charge in [-0.25, -0.2) is 4.98 Å². The van der Waals surface area contributed by atoms with Gasteiger partial charge in [0.15, 0.2) is 0 Å². The molecule has 0 bridgehead atoms. The standard InChI is InChI=1S/C10H19N3S2/c1-4-14-6-9(13-11)5-10-12-7(2)8(3)15-10/h9,13H,4-6,11H2,1-3H3. The van der Waals surface area contributed by atoms with E-state index in [4.69, 9.17) is 5.84 Å². The van der Waals surface area contributed by atoms with Crippen molar-refractivity contribution < 1.29 is 0 Å². The van der Waals surface area contributed by atoms with Crippen LogP contribution >= 0.6 is 23.1 Å². The lowest BCUT2D eigenvalue weighted by Crippen LogP contribution is -2.38. The highest BCUT2D eigenvalue weighted by molar-refractivity contribution is 7.99. The first-order valence-electron chi connectivity index (χ1n) is 5.14. The molecule has 3 N–H and O–H groups in total. The zero-order chi connectivity index (χ0) is 11.3. The molecule has 3 nitrogen and oxygen atoms in total. The largest absolute Gasteiger partial charge is 0.271 e. The maximum Gasteiger partial charge on any atom is 0.0947 e. The van der Waals surface area contributed by atoms with Crippen LogP contribution in [0.15, 0.2) is 0 Å². The highest BCUT2D eigenvalue weighted by Gasteiger charge is 2.11. The van der Waals surface area contributed by atoms with Gasteiger partial charge < -0.3 is 0 Å². The smallest absolute Gasteiger partial charge is 0.0947 e. The zero-order valence-corrected chi connectivity index (χ0v) is 11.2. The summed E-state index contributed by atoms with van der Waals surface area (Å²) < 4.78 is 0. The predicted octanol–water partition coefficient (Wildman–Crippen LogP) is 1.89. The Balaban J connectivity index is 2.50. The number of aryl methyl sites for hydroxylation is 2. The molecule has 0 aliphatic carbocycles. The quantitative estimate of drug-likeness (QED) is 0.593. The van der Waals surface area contributed by atoms with E-state index in [0.29, 0.717) is 6.04 Å². The maximum absolute atomic E-state index is 5.52. The van der Waals surface area contributed by atoms with Crippen molar-refractivity contribution in [2.45, 2.75) is 33.2 Å². The van der Waals surface area contributed by atoms with Gasteiger partial charge in [0.25, 0.3) is 0 Å². The highest BCUT2D eigenvalue weighted by atomic mass is 32.2. The molecule has 1 rings (SSSR count). The van der Waals surface area contributed by atoms with E-state index in [1.807, 2.05) is 11.8 Å². The zero-order valence-electron chi connectivity index (χ0n) is 9.54. The fourth-order valence-electron chi connectivity index (χ4n) is 1.26. The first-order chi connectivity index (χ1) is 7.17. The van der Waals surface area contributed by atoms with Crippen LogP contribution in [-0.2, 0) is 6.42 Å². The second kappa shape index (κ2) is 6.48. The van der Waals surface area contributed by atoms with E-state index in [9.17, 15) is 0 Å². The Kier molecular flexibility index (Phi) is 5.60. The van der Waals surface area contributed by atoms with Crippen LogP contribution in [-0.4, -0.2) is 22.5 Å². The highest BCUT2D eigenvalue weighted by Crippen LogP contribution is 2.18. The summed E-state index contributed by atoms with van der Waals surface area (Å²) in [6.45, 7) is 6.33. The third-order valence-corrected chi connectivity index (χ3v) is 4.39. The van der Waals surface area contributed by atoms with Crippen molar-refractivity contribution in [3.8, 4) is 0 Å². The number of hydrazine groups is 1. The second-order valence-electron chi connectivity index (χ2n) is 3.48. The Bertz CT molecular complexity index is 279. The Morgan fingerprint density at radius 3 is 2.73 bits per heavy atom. The molecule has 0 spiro atoms. The third kappa shape index (κ3) is 4.10. The molecule has 15 heavy (non-hydrogen) atoms. The molecule has 0 aliphatic heterocycles. The van der Waals surface area contributed by atoms with Gasteiger partial charge >= 0.3 is 0 Å². The number of thioether (sulfide) groups is 1. The minimum atomic E-state index is 0.333. The monoisotopic (exact) mass is 245 g/mol. The lowest BCUT2D eigenvalue weighted by Gasteiger charge is -2.12. The number of nitrogens with two attached hydrogens (primary N) is 1. The van der Waals surface area contributed by atoms with Crippen LogP contribution in [0.4, 0.5) is 0 Å². The SMILES string of the molecule is CCSCC(Cc1nc(C)c(C)s1)NN. The molecule has 1 atom stereocenters. The summed E-state index contributed by atoms with van der Waals surface area (Å²) in [6.07, 6.45) is 0.933. The Morgan fingerprint density at radius 1 is 1.53 bits per heavy atom. The predicted molar refractivity (Wildman–Crippen MR) is 69.4 cm³/mol. The van der Waals surface area contributed by atoms with E-state index in [0.717, 1.165) is 23.6 Å². The van der Waals surface area contributed by atoms with Crippen molar-refractivity contribution in [3.05, 3.63) is 15.6 Å². The van der Waals surface area contributed by atoms with Crippen LogP contribution in [0.25, 0.3) is 0 Å². The molecule has 0 saturated carbocycles. The summed E-state index contributed by atoms with van der Waals surface area (Å²) in [5.74, 6) is 7.70. The van der Waals surface area contributed by atoms with Crippen molar-refractivity contribution in [1.29, 1.82) is 0 Å². The molecule has 1 aromatic heterocycles. The molecular weight excluding hydrogens is 226 g/mol. The summed E-state index contributed by atoms with van der Waals surface area (Å²) >= 11 is 3.68. The molecule has 5 heteroatoms. The molecular formula is C10H19N3S2. The van der Waals surface area contributed by atoms with Gasteiger partial charge in [0.2, 0.25) is 0 Å². The van der Waals surface area contributed by atoms with Gasteiger partial charge in [-0.1, -0.05) is 6.92 Å². The summed E-state index contributed by atoms with van der Waals surface area (Å²) in [6, 6.07) is 0.333. The molecule has 0 aliphatic rings. The van der Waals surface area contributed by atoms with Crippen LogP contribution in [0.1, 0.15) is 22.5 Å². The molecule has 0 saturated heterocycles. The molecule has 0 amide bonds. The van der Waals surface area contributed by atoms with Crippen molar-refractivity contribution in [3.63, 3.8) is 0 Å². The third-order valence-electron chi connectivity index (χ3n) is 2.25. The van der Waals surface area contributed by atoms with Crippen LogP contribution in [0.2, 0.25) is 0 Å². The number of thiazole rings is 1. The fraction of sp³-hybridized carbons (Fsp3) is 0.700.